The molecule has 0 aliphatic carbocycles. The molecule has 31 heavy (non-hydrogen) atoms. The van der Waals surface area contributed by atoms with Crippen molar-refractivity contribution in [3.8, 4) is 16.2 Å². The van der Waals surface area contributed by atoms with Crippen LogP contribution in [-0.4, -0.2) is 16.6 Å². The molecule has 0 fully saturated rings. The molecular weight excluding hydrogens is 421 g/mol. The Bertz CT molecular complexity index is 941. The first-order valence-electron chi connectivity index (χ1n) is 10.7. The van der Waals surface area contributed by atoms with Crippen LogP contribution in [0, 0.1) is 0 Å². The van der Waals surface area contributed by atoms with Crippen molar-refractivity contribution in [2.45, 2.75) is 58.0 Å². The first-order valence-corrected chi connectivity index (χ1v) is 11.5. The molecule has 2 heterocycles. The van der Waals surface area contributed by atoms with Crippen LogP contribution in [-0.2, 0) is 12.6 Å². The summed E-state index contributed by atoms with van der Waals surface area (Å²) in [6, 6.07) is 8.08. The molecule has 0 saturated heterocycles. The van der Waals surface area contributed by atoms with E-state index in [4.69, 9.17) is 4.74 Å². The Kier molecular flexibility index (Phi) is 8.46. The van der Waals surface area contributed by atoms with Gasteiger partial charge in [-0.15, -0.1) is 11.3 Å². The summed E-state index contributed by atoms with van der Waals surface area (Å²) >= 11 is 1.46. The zero-order valence-corrected chi connectivity index (χ0v) is 18.4. The van der Waals surface area contributed by atoms with E-state index in [9.17, 15) is 13.2 Å². The highest BCUT2D eigenvalue weighted by molar-refractivity contribution is 7.15. The van der Waals surface area contributed by atoms with Crippen molar-refractivity contribution >= 4 is 11.3 Å². The van der Waals surface area contributed by atoms with Crippen LogP contribution in [0.5, 0.6) is 5.75 Å². The molecule has 0 spiro atoms. The van der Waals surface area contributed by atoms with Crippen molar-refractivity contribution in [3.63, 3.8) is 0 Å². The van der Waals surface area contributed by atoms with Crippen molar-refractivity contribution < 1.29 is 17.9 Å². The summed E-state index contributed by atoms with van der Waals surface area (Å²) < 4.78 is 46.3. The summed E-state index contributed by atoms with van der Waals surface area (Å²) in [5, 5.41) is 0.757. The Morgan fingerprint density at radius 1 is 1.00 bits per heavy atom. The Balaban J connectivity index is 1.64. The molecule has 7 heteroatoms. The van der Waals surface area contributed by atoms with E-state index in [0.717, 1.165) is 41.1 Å². The first kappa shape index (κ1) is 23.3. The van der Waals surface area contributed by atoms with Gasteiger partial charge in [0.05, 0.1) is 22.1 Å². The number of pyridine rings is 1. The zero-order valence-electron chi connectivity index (χ0n) is 17.6. The van der Waals surface area contributed by atoms with Crippen molar-refractivity contribution in [1.82, 2.24) is 9.97 Å². The molecule has 3 rings (SSSR count). The van der Waals surface area contributed by atoms with Crippen LogP contribution in [0.15, 0.2) is 48.9 Å². The van der Waals surface area contributed by atoms with E-state index in [1.165, 1.54) is 36.3 Å². The van der Waals surface area contributed by atoms with Crippen LogP contribution in [0.1, 0.15) is 61.6 Å². The molecule has 2 aromatic heterocycles. The van der Waals surface area contributed by atoms with Gasteiger partial charge in [0.25, 0.3) is 0 Å². The fourth-order valence-electron chi connectivity index (χ4n) is 3.31. The molecule has 166 valence electrons. The van der Waals surface area contributed by atoms with Crippen LogP contribution in [0.3, 0.4) is 0 Å². The van der Waals surface area contributed by atoms with E-state index < -0.39 is 11.7 Å². The normalized spacial score (nSPS) is 11.6. The predicted octanol–water partition coefficient (Wildman–Crippen LogP) is 7.55. The minimum atomic E-state index is -4.46. The summed E-state index contributed by atoms with van der Waals surface area (Å²) in [6.45, 7) is 2.45. The van der Waals surface area contributed by atoms with Gasteiger partial charge in [-0.05, 0) is 30.2 Å². The molecule has 0 unspecified atom stereocenters. The lowest BCUT2D eigenvalue weighted by atomic mass is 10.1. The molecule has 0 N–H and O–H groups in total. The number of rotatable bonds is 11. The maximum atomic E-state index is 13.6. The van der Waals surface area contributed by atoms with E-state index in [1.54, 1.807) is 24.7 Å². The highest BCUT2D eigenvalue weighted by atomic mass is 32.1. The second kappa shape index (κ2) is 11.3. The van der Waals surface area contributed by atoms with Crippen LogP contribution in [0.4, 0.5) is 13.2 Å². The summed E-state index contributed by atoms with van der Waals surface area (Å²) in [7, 11) is 0. The monoisotopic (exact) mass is 448 g/mol. The lowest BCUT2D eigenvalue weighted by molar-refractivity contribution is -0.139. The van der Waals surface area contributed by atoms with Gasteiger partial charge in [-0.1, -0.05) is 51.2 Å². The SMILES string of the molecule is CCCCCCCCOc1ccc(Cc2ncc(-c3cccnc3)s2)cc1C(F)(F)F. The fourth-order valence-corrected chi connectivity index (χ4v) is 4.25. The molecular formula is C24H27F3N2OS. The Hall–Kier alpha value is -2.41. The first-order chi connectivity index (χ1) is 15.0. The Morgan fingerprint density at radius 2 is 1.81 bits per heavy atom. The number of hydrogen-bond acceptors (Lipinski definition) is 4. The molecule has 3 nitrogen and oxygen atoms in total. The molecule has 3 aromatic rings. The minimum absolute atomic E-state index is 0.0972. The van der Waals surface area contributed by atoms with Crippen molar-refractivity contribution in [1.29, 1.82) is 0 Å². The summed E-state index contributed by atoms with van der Waals surface area (Å²) in [4.78, 5) is 9.41. The Morgan fingerprint density at radius 3 is 2.55 bits per heavy atom. The van der Waals surface area contributed by atoms with Crippen molar-refractivity contribution in [2.75, 3.05) is 6.61 Å². The maximum Gasteiger partial charge on any atom is 0.419 e. The van der Waals surface area contributed by atoms with Crippen LogP contribution in [0.2, 0.25) is 0 Å². The van der Waals surface area contributed by atoms with Gasteiger partial charge < -0.3 is 4.74 Å². The second-order valence-corrected chi connectivity index (χ2v) is 8.60. The number of benzene rings is 1. The van der Waals surface area contributed by atoms with Gasteiger partial charge in [-0.2, -0.15) is 13.2 Å². The number of halogens is 3. The highest BCUT2D eigenvalue weighted by Crippen LogP contribution is 2.37. The van der Waals surface area contributed by atoms with Gasteiger partial charge in [0.2, 0.25) is 0 Å². The molecule has 0 saturated carbocycles. The standard InChI is InChI=1S/C24H27F3N2OS/c1-2-3-4-5-6-7-13-30-21-11-10-18(14-20(21)24(25,26)27)15-23-29-17-22(31-23)19-9-8-12-28-16-19/h8-12,14,16-17H,2-7,13,15H2,1H3. The van der Waals surface area contributed by atoms with Gasteiger partial charge in [-0.3, -0.25) is 4.98 Å². The van der Waals surface area contributed by atoms with E-state index in [0.29, 0.717) is 18.6 Å². The van der Waals surface area contributed by atoms with Gasteiger partial charge in [-0.25, -0.2) is 4.98 Å². The van der Waals surface area contributed by atoms with E-state index in [2.05, 4.69) is 16.9 Å². The fraction of sp³-hybridized carbons (Fsp3) is 0.417. The third kappa shape index (κ3) is 7.06. The number of nitrogens with zero attached hydrogens (tertiary/aromatic N) is 2. The highest BCUT2D eigenvalue weighted by Gasteiger charge is 2.34. The van der Waals surface area contributed by atoms with E-state index in [-0.39, 0.29) is 5.75 Å². The second-order valence-electron chi connectivity index (χ2n) is 7.48. The molecule has 0 amide bonds. The van der Waals surface area contributed by atoms with Crippen LogP contribution >= 0.6 is 11.3 Å². The molecule has 0 atom stereocenters. The smallest absolute Gasteiger partial charge is 0.419 e. The average Bonchev–Trinajstić information content (AvgIpc) is 3.22. The summed E-state index contributed by atoms with van der Waals surface area (Å²) in [5.41, 5.74) is 0.784. The van der Waals surface area contributed by atoms with E-state index in [1.807, 2.05) is 12.1 Å². The summed E-state index contributed by atoms with van der Waals surface area (Å²) in [5.74, 6) is -0.0972. The minimum Gasteiger partial charge on any atom is -0.493 e. The third-order valence-electron chi connectivity index (χ3n) is 4.96. The predicted molar refractivity (Wildman–Crippen MR) is 118 cm³/mol. The largest absolute Gasteiger partial charge is 0.493 e. The zero-order chi connectivity index (χ0) is 22.1. The molecule has 0 aliphatic rings. The number of unbranched alkanes of at least 4 members (excludes halogenated alkanes) is 5. The van der Waals surface area contributed by atoms with Crippen LogP contribution in [0.25, 0.3) is 10.4 Å². The molecule has 0 bridgehead atoms. The van der Waals surface area contributed by atoms with Crippen molar-refractivity contribution in [3.05, 3.63) is 65.1 Å². The third-order valence-corrected chi connectivity index (χ3v) is 6.01. The van der Waals surface area contributed by atoms with Gasteiger partial charge >= 0.3 is 6.18 Å². The number of alkyl halides is 3. The lowest BCUT2D eigenvalue weighted by Crippen LogP contribution is -2.10. The number of aromatic nitrogens is 2. The molecule has 0 aliphatic heterocycles. The van der Waals surface area contributed by atoms with Crippen molar-refractivity contribution in [2.24, 2.45) is 0 Å². The molecule has 1 aromatic carbocycles. The van der Waals surface area contributed by atoms with Gasteiger partial charge in [0.1, 0.15) is 5.75 Å². The quantitative estimate of drug-likeness (QED) is 0.284. The summed E-state index contributed by atoms with van der Waals surface area (Å²) in [6.07, 6.45) is 7.42. The van der Waals surface area contributed by atoms with Crippen LogP contribution < -0.4 is 4.74 Å². The number of ether oxygens (including phenoxy) is 1. The van der Waals surface area contributed by atoms with Gasteiger partial charge in [0, 0.05) is 30.6 Å². The maximum absolute atomic E-state index is 13.6. The topological polar surface area (TPSA) is 35.0 Å². The lowest BCUT2D eigenvalue weighted by Gasteiger charge is -2.15. The Labute approximate surface area is 185 Å². The molecule has 0 radical (unpaired) electrons. The van der Waals surface area contributed by atoms with E-state index >= 15 is 0 Å². The average molecular weight is 449 g/mol. The number of hydrogen-bond donors (Lipinski definition) is 0. The number of thiazole rings is 1. The van der Waals surface area contributed by atoms with Gasteiger partial charge in [0.15, 0.2) is 0 Å².